The molecule has 0 saturated carbocycles. The minimum Gasteiger partial charge on any atom is -0.496 e. The highest BCUT2D eigenvalue weighted by Crippen LogP contribution is 2.25. The van der Waals surface area contributed by atoms with Gasteiger partial charge >= 0.3 is 0 Å². The summed E-state index contributed by atoms with van der Waals surface area (Å²) in [6.45, 7) is 1.00. The number of benzene rings is 1. The van der Waals surface area contributed by atoms with Gasteiger partial charge in [-0.15, -0.1) is 0 Å². The van der Waals surface area contributed by atoms with E-state index < -0.39 is 0 Å². The van der Waals surface area contributed by atoms with Crippen LogP contribution in [0, 0.1) is 0 Å². The van der Waals surface area contributed by atoms with Crippen LogP contribution in [0.15, 0.2) is 24.3 Å². The van der Waals surface area contributed by atoms with Crippen LogP contribution >= 0.6 is 0 Å². The number of nitrogens with one attached hydrogen (secondary N) is 1. The minimum absolute atomic E-state index is 0.0644. The molecule has 0 radical (unpaired) electrons. The van der Waals surface area contributed by atoms with Crippen molar-refractivity contribution in [3.63, 3.8) is 0 Å². The molecule has 0 heterocycles. The molecular formula is C12H20N2O. The van der Waals surface area contributed by atoms with Gasteiger partial charge in [0, 0.05) is 11.6 Å². The largest absolute Gasteiger partial charge is 0.496 e. The molecule has 3 heteroatoms. The zero-order valence-electron chi connectivity index (χ0n) is 9.49. The highest BCUT2D eigenvalue weighted by atomic mass is 16.5. The second-order valence-electron chi connectivity index (χ2n) is 3.59. The van der Waals surface area contributed by atoms with Crippen molar-refractivity contribution in [3.8, 4) is 5.75 Å². The number of methoxy groups -OCH3 is 1. The van der Waals surface area contributed by atoms with Crippen molar-refractivity contribution in [2.75, 3.05) is 20.7 Å². The van der Waals surface area contributed by atoms with E-state index in [1.54, 1.807) is 7.11 Å². The molecule has 15 heavy (non-hydrogen) atoms. The van der Waals surface area contributed by atoms with Crippen LogP contribution in [0.4, 0.5) is 0 Å². The maximum Gasteiger partial charge on any atom is 0.123 e. The van der Waals surface area contributed by atoms with Crippen molar-refractivity contribution in [2.45, 2.75) is 18.9 Å². The lowest BCUT2D eigenvalue weighted by Crippen LogP contribution is -2.15. The number of para-hydroxylation sites is 1. The zero-order valence-corrected chi connectivity index (χ0v) is 9.49. The van der Waals surface area contributed by atoms with Crippen molar-refractivity contribution in [2.24, 2.45) is 5.73 Å². The molecule has 0 fully saturated rings. The molecule has 0 saturated heterocycles. The van der Waals surface area contributed by atoms with Crippen LogP contribution in [-0.2, 0) is 0 Å². The number of hydrogen-bond donors (Lipinski definition) is 2. The van der Waals surface area contributed by atoms with Gasteiger partial charge in [-0.1, -0.05) is 18.2 Å². The Morgan fingerprint density at radius 3 is 2.80 bits per heavy atom. The van der Waals surface area contributed by atoms with Crippen molar-refractivity contribution < 1.29 is 4.74 Å². The van der Waals surface area contributed by atoms with E-state index in [0.717, 1.165) is 30.7 Å². The third kappa shape index (κ3) is 3.53. The molecule has 1 unspecified atom stereocenters. The number of rotatable bonds is 6. The third-order valence-electron chi connectivity index (χ3n) is 2.48. The predicted molar refractivity (Wildman–Crippen MR) is 63.1 cm³/mol. The predicted octanol–water partition coefficient (Wildman–Crippen LogP) is 1.69. The molecule has 0 aliphatic heterocycles. The lowest BCUT2D eigenvalue weighted by Gasteiger charge is -2.15. The molecule has 3 nitrogen and oxygen atoms in total. The van der Waals surface area contributed by atoms with E-state index in [1.165, 1.54) is 0 Å². The molecule has 84 valence electrons. The summed E-state index contributed by atoms with van der Waals surface area (Å²) in [4.78, 5) is 0. The van der Waals surface area contributed by atoms with Gasteiger partial charge in [-0.25, -0.2) is 0 Å². The summed E-state index contributed by atoms with van der Waals surface area (Å²) in [5.74, 6) is 0.884. The van der Waals surface area contributed by atoms with Gasteiger partial charge in [0.05, 0.1) is 7.11 Å². The number of hydrogen-bond acceptors (Lipinski definition) is 3. The molecule has 3 N–H and O–H groups in total. The van der Waals surface area contributed by atoms with Gasteiger partial charge in [0.15, 0.2) is 0 Å². The first-order valence-electron chi connectivity index (χ1n) is 5.32. The van der Waals surface area contributed by atoms with E-state index in [1.807, 2.05) is 31.3 Å². The minimum atomic E-state index is 0.0644. The Morgan fingerprint density at radius 1 is 1.40 bits per heavy atom. The SMILES string of the molecule is CNCCCC(N)c1ccccc1OC. The van der Waals surface area contributed by atoms with E-state index in [9.17, 15) is 0 Å². The van der Waals surface area contributed by atoms with Gasteiger partial charge in [0.2, 0.25) is 0 Å². The number of ether oxygens (including phenoxy) is 1. The van der Waals surface area contributed by atoms with Crippen LogP contribution in [0.3, 0.4) is 0 Å². The summed E-state index contributed by atoms with van der Waals surface area (Å²) < 4.78 is 5.28. The fourth-order valence-electron chi connectivity index (χ4n) is 1.63. The Hall–Kier alpha value is -1.06. The molecule has 1 rings (SSSR count). The lowest BCUT2D eigenvalue weighted by molar-refractivity contribution is 0.403. The Bertz CT molecular complexity index is 289. The van der Waals surface area contributed by atoms with Gasteiger partial charge < -0.3 is 15.8 Å². The third-order valence-corrected chi connectivity index (χ3v) is 2.48. The normalized spacial score (nSPS) is 12.5. The molecule has 0 aliphatic rings. The van der Waals surface area contributed by atoms with Crippen LogP contribution in [0.5, 0.6) is 5.75 Å². The van der Waals surface area contributed by atoms with Crippen LogP contribution in [-0.4, -0.2) is 20.7 Å². The lowest BCUT2D eigenvalue weighted by atomic mass is 10.0. The summed E-state index contributed by atoms with van der Waals surface area (Å²) in [6, 6.07) is 8.00. The van der Waals surface area contributed by atoms with E-state index >= 15 is 0 Å². The maximum atomic E-state index is 6.10. The fraction of sp³-hybridized carbons (Fsp3) is 0.500. The average Bonchev–Trinajstić information content (AvgIpc) is 2.29. The van der Waals surface area contributed by atoms with E-state index in [2.05, 4.69) is 5.32 Å². The summed E-state index contributed by atoms with van der Waals surface area (Å²) >= 11 is 0. The van der Waals surface area contributed by atoms with Gasteiger partial charge in [-0.2, -0.15) is 0 Å². The van der Waals surface area contributed by atoms with Crippen molar-refractivity contribution in [3.05, 3.63) is 29.8 Å². The van der Waals surface area contributed by atoms with Crippen molar-refractivity contribution in [1.29, 1.82) is 0 Å². The smallest absolute Gasteiger partial charge is 0.123 e. The monoisotopic (exact) mass is 208 g/mol. The number of nitrogens with two attached hydrogens (primary N) is 1. The molecule has 0 spiro atoms. The molecule has 0 aliphatic carbocycles. The topological polar surface area (TPSA) is 47.3 Å². The Kier molecular flexibility index (Phi) is 5.15. The Labute approximate surface area is 91.6 Å². The summed E-state index contributed by atoms with van der Waals surface area (Å²) in [5, 5.41) is 3.12. The Morgan fingerprint density at radius 2 is 2.13 bits per heavy atom. The molecule has 0 bridgehead atoms. The van der Waals surface area contributed by atoms with Gasteiger partial charge in [-0.05, 0) is 32.5 Å². The quantitative estimate of drug-likeness (QED) is 0.699. The van der Waals surface area contributed by atoms with Crippen molar-refractivity contribution >= 4 is 0 Å². The molecule has 0 aromatic heterocycles. The van der Waals surface area contributed by atoms with Gasteiger partial charge in [0.1, 0.15) is 5.75 Å². The first-order chi connectivity index (χ1) is 7.29. The van der Waals surface area contributed by atoms with Gasteiger partial charge in [0.25, 0.3) is 0 Å². The standard InChI is InChI=1S/C12H20N2O/c1-14-9-5-7-11(13)10-6-3-4-8-12(10)15-2/h3-4,6,8,11,14H,5,7,9,13H2,1-2H3. The van der Waals surface area contributed by atoms with Crippen LogP contribution in [0.25, 0.3) is 0 Å². The maximum absolute atomic E-state index is 6.10. The van der Waals surface area contributed by atoms with Crippen LogP contribution in [0.2, 0.25) is 0 Å². The molecule has 0 amide bonds. The summed E-state index contributed by atoms with van der Waals surface area (Å²) in [6.07, 6.45) is 2.05. The average molecular weight is 208 g/mol. The molecule has 1 atom stereocenters. The highest BCUT2D eigenvalue weighted by Gasteiger charge is 2.10. The summed E-state index contributed by atoms with van der Waals surface area (Å²) in [5.41, 5.74) is 7.20. The first-order valence-corrected chi connectivity index (χ1v) is 5.32. The van der Waals surface area contributed by atoms with Crippen molar-refractivity contribution in [1.82, 2.24) is 5.32 Å². The van der Waals surface area contributed by atoms with E-state index in [0.29, 0.717) is 0 Å². The highest BCUT2D eigenvalue weighted by molar-refractivity contribution is 5.35. The Balaban J connectivity index is 2.59. The van der Waals surface area contributed by atoms with Gasteiger partial charge in [-0.3, -0.25) is 0 Å². The molecular weight excluding hydrogens is 188 g/mol. The zero-order chi connectivity index (χ0) is 11.1. The molecule has 1 aromatic rings. The van der Waals surface area contributed by atoms with Crippen LogP contribution in [0.1, 0.15) is 24.4 Å². The fourth-order valence-corrected chi connectivity index (χ4v) is 1.63. The van der Waals surface area contributed by atoms with Crippen LogP contribution < -0.4 is 15.8 Å². The second kappa shape index (κ2) is 6.43. The molecule has 1 aromatic carbocycles. The van der Waals surface area contributed by atoms with E-state index in [-0.39, 0.29) is 6.04 Å². The first kappa shape index (κ1) is 12.0. The van der Waals surface area contributed by atoms with E-state index in [4.69, 9.17) is 10.5 Å². The second-order valence-corrected chi connectivity index (χ2v) is 3.59. The summed E-state index contributed by atoms with van der Waals surface area (Å²) in [7, 11) is 3.63.